The Hall–Kier alpha value is -3.02. The molecule has 2 aromatic rings. The van der Waals surface area contributed by atoms with Crippen LogP contribution >= 0.6 is 0 Å². The number of benzene rings is 2. The summed E-state index contributed by atoms with van der Waals surface area (Å²) in [6, 6.07) is 6.15. The molecule has 2 rings (SSSR count). The molecular formula is C17H15FO5. The number of allylic oxidation sites excluding steroid dienone is 1. The fourth-order valence-corrected chi connectivity index (χ4v) is 1.98. The fraction of sp³-hybridized carbons (Fsp3) is 0.118. The third-order valence-electron chi connectivity index (χ3n) is 3.15. The molecule has 5 nitrogen and oxygen atoms in total. The van der Waals surface area contributed by atoms with Crippen molar-refractivity contribution in [2.24, 2.45) is 0 Å². The van der Waals surface area contributed by atoms with Crippen molar-refractivity contribution in [2.45, 2.75) is 0 Å². The highest BCUT2D eigenvalue weighted by atomic mass is 19.1. The topological polar surface area (TPSA) is 76.0 Å². The first kappa shape index (κ1) is 16.4. The van der Waals surface area contributed by atoms with Crippen molar-refractivity contribution in [2.75, 3.05) is 14.2 Å². The molecule has 0 amide bonds. The zero-order valence-corrected chi connectivity index (χ0v) is 12.5. The van der Waals surface area contributed by atoms with E-state index in [1.54, 1.807) is 0 Å². The first-order chi connectivity index (χ1) is 11.0. The molecule has 0 spiro atoms. The van der Waals surface area contributed by atoms with Gasteiger partial charge in [0.05, 0.1) is 19.8 Å². The molecule has 0 heterocycles. The Balaban J connectivity index is 2.32. The molecule has 0 aliphatic carbocycles. The molecule has 0 aromatic heterocycles. The Kier molecular flexibility index (Phi) is 4.85. The van der Waals surface area contributed by atoms with E-state index in [9.17, 15) is 19.4 Å². The summed E-state index contributed by atoms with van der Waals surface area (Å²) in [5, 5.41) is 19.4. The minimum atomic E-state index is -0.618. The molecule has 0 atom stereocenters. The molecule has 2 aromatic carbocycles. The first-order valence-electron chi connectivity index (χ1n) is 6.62. The normalized spacial score (nSPS) is 10.7. The second-order valence-electron chi connectivity index (χ2n) is 4.63. The summed E-state index contributed by atoms with van der Waals surface area (Å²) in [6.07, 6.45) is 2.62. The largest absolute Gasteiger partial charge is 0.507 e. The second-order valence-corrected chi connectivity index (χ2v) is 4.63. The van der Waals surface area contributed by atoms with Gasteiger partial charge in [0.1, 0.15) is 11.6 Å². The maximum Gasteiger partial charge on any atom is 0.200 e. The highest BCUT2D eigenvalue weighted by molar-refractivity contribution is 6.08. The molecule has 0 radical (unpaired) electrons. The Labute approximate surface area is 132 Å². The van der Waals surface area contributed by atoms with Crippen molar-refractivity contribution < 1.29 is 28.9 Å². The number of ether oxygens (including phenoxy) is 2. The minimum absolute atomic E-state index is 0.140. The number of carbonyl (C=O) groups is 1. The predicted octanol–water partition coefficient (Wildman–Crippen LogP) is 3.15. The number of halogens is 1. The summed E-state index contributed by atoms with van der Waals surface area (Å²) in [4.78, 5) is 12.0. The standard InChI is InChI=1S/C17H15FO5/c1-22-15-7-10(8-16(23-2)17(15)21)3-5-13(19)12-9-11(18)4-6-14(12)20/h3-9,20-21H,1-2H3/b5-3+. The van der Waals surface area contributed by atoms with Gasteiger partial charge in [-0.3, -0.25) is 4.79 Å². The number of hydrogen-bond donors (Lipinski definition) is 2. The van der Waals surface area contributed by atoms with Crippen LogP contribution in [0.5, 0.6) is 23.0 Å². The number of carbonyl (C=O) groups excluding carboxylic acids is 1. The Bertz CT molecular complexity index is 743. The molecule has 0 aliphatic heterocycles. The van der Waals surface area contributed by atoms with E-state index >= 15 is 0 Å². The number of methoxy groups -OCH3 is 2. The second kappa shape index (κ2) is 6.83. The molecule has 6 heteroatoms. The van der Waals surface area contributed by atoms with Crippen LogP contribution in [0.15, 0.2) is 36.4 Å². The zero-order valence-electron chi connectivity index (χ0n) is 12.5. The van der Waals surface area contributed by atoms with Crippen LogP contribution in [0.4, 0.5) is 4.39 Å². The molecular weight excluding hydrogens is 303 g/mol. The van der Waals surface area contributed by atoms with E-state index in [2.05, 4.69) is 0 Å². The number of hydrogen-bond acceptors (Lipinski definition) is 5. The zero-order chi connectivity index (χ0) is 17.0. The van der Waals surface area contributed by atoms with Gasteiger partial charge in [-0.05, 0) is 42.0 Å². The van der Waals surface area contributed by atoms with E-state index in [1.165, 1.54) is 38.5 Å². The monoisotopic (exact) mass is 318 g/mol. The van der Waals surface area contributed by atoms with Crippen LogP contribution in [-0.4, -0.2) is 30.2 Å². The quantitative estimate of drug-likeness (QED) is 0.654. The molecule has 0 fully saturated rings. The Morgan fingerprint density at radius 3 is 2.26 bits per heavy atom. The van der Waals surface area contributed by atoms with Crippen molar-refractivity contribution in [1.29, 1.82) is 0 Å². The average molecular weight is 318 g/mol. The van der Waals surface area contributed by atoms with Crippen molar-refractivity contribution in [1.82, 2.24) is 0 Å². The van der Waals surface area contributed by atoms with Gasteiger partial charge in [-0.2, -0.15) is 0 Å². The smallest absolute Gasteiger partial charge is 0.200 e. The van der Waals surface area contributed by atoms with Crippen LogP contribution < -0.4 is 9.47 Å². The van der Waals surface area contributed by atoms with E-state index in [1.807, 2.05) is 0 Å². The maximum atomic E-state index is 13.2. The third kappa shape index (κ3) is 3.60. The number of rotatable bonds is 5. The lowest BCUT2D eigenvalue weighted by molar-refractivity contribution is 0.104. The van der Waals surface area contributed by atoms with E-state index in [4.69, 9.17) is 9.47 Å². The van der Waals surface area contributed by atoms with Gasteiger partial charge in [-0.25, -0.2) is 4.39 Å². The number of phenols is 2. The van der Waals surface area contributed by atoms with Gasteiger partial charge in [0, 0.05) is 0 Å². The van der Waals surface area contributed by atoms with Crippen molar-refractivity contribution in [3.63, 3.8) is 0 Å². The lowest BCUT2D eigenvalue weighted by Crippen LogP contribution is -1.96. The minimum Gasteiger partial charge on any atom is -0.507 e. The van der Waals surface area contributed by atoms with Crippen molar-refractivity contribution >= 4 is 11.9 Å². The Morgan fingerprint density at radius 1 is 1.09 bits per heavy atom. The van der Waals surface area contributed by atoms with Crippen LogP contribution in [0.3, 0.4) is 0 Å². The summed E-state index contributed by atoms with van der Waals surface area (Å²) in [7, 11) is 2.77. The molecule has 120 valence electrons. The summed E-state index contributed by atoms with van der Waals surface area (Å²) < 4.78 is 23.2. The van der Waals surface area contributed by atoms with Crippen LogP contribution in [-0.2, 0) is 0 Å². The summed E-state index contributed by atoms with van der Waals surface area (Å²) in [5.74, 6) is -1.26. The average Bonchev–Trinajstić information content (AvgIpc) is 2.55. The van der Waals surface area contributed by atoms with Crippen LogP contribution in [0.25, 0.3) is 6.08 Å². The molecule has 0 saturated heterocycles. The highest BCUT2D eigenvalue weighted by Gasteiger charge is 2.12. The molecule has 0 saturated carbocycles. The first-order valence-corrected chi connectivity index (χ1v) is 6.62. The van der Waals surface area contributed by atoms with E-state index in [0.29, 0.717) is 5.56 Å². The van der Waals surface area contributed by atoms with Crippen LogP contribution in [0.2, 0.25) is 0 Å². The van der Waals surface area contributed by atoms with E-state index in [0.717, 1.165) is 18.2 Å². The van der Waals surface area contributed by atoms with E-state index < -0.39 is 11.6 Å². The lowest BCUT2D eigenvalue weighted by atomic mass is 10.1. The third-order valence-corrected chi connectivity index (χ3v) is 3.15. The van der Waals surface area contributed by atoms with Gasteiger partial charge < -0.3 is 19.7 Å². The summed E-state index contributed by atoms with van der Waals surface area (Å²) >= 11 is 0. The number of phenolic OH excluding ortho intramolecular Hbond substituents is 2. The van der Waals surface area contributed by atoms with Gasteiger partial charge in [0.25, 0.3) is 0 Å². The molecule has 0 bridgehead atoms. The summed E-state index contributed by atoms with van der Waals surface area (Å²) in [5.41, 5.74) is 0.389. The molecule has 23 heavy (non-hydrogen) atoms. The maximum absolute atomic E-state index is 13.2. The van der Waals surface area contributed by atoms with Gasteiger partial charge >= 0.3 is 0 Å². The van der Waals surface area contributed by atoms with Gasteiger partial charge in [0.2, 0.25) is 5.75 Å². The van der Waals surface area contributed by atoms with Crippen LogP contribution in [0.1, 0.15) is 15.9 Å². The fourth-order valence-electron chi connectivity index (χ4n) is 1.98. The SMILES string of the molecule is COc1cc(/C=C/C(=O)c2cc(F)ccc2O)cc(OC)c1O. The molecule has 0 aliphatic rings. The van der Waals surface area contributed by atoms with E-state index in [-0.39, 0.29) is 28.6 Å². The Morgan fingerprint density at radius 2 is 1.70 bits per heavy atom. The number of ketones is 1. The molecule has 2 N–H and O–H groups in total. The van der Waals surface area contributed by atoms with Gasteiger partial charge in [-0.1, -0.05) is 6.08 Å². The number of aromatic hydroxyl groups is 2. The predicted molar refractivity (Wildman–Crippen MR) is 82.6 cm³/mol. The van der Waals surface area contributed by atoms with Crippen molar-refractivity contribution in [3.8, 4) is 23.0 Å². The van der Waals surface area contributed by atoms with Crippen molar-refractivity contribution in [3.05, 3.63) is 53.4 Å². The summed E-state index contributed by atoms with van der Waals surface area (Å²) in [6.45, 7) is 0. The van der Waals surface area contributed by atoms with Crippen LogP contribution in [0, 0.1) is 5.82 Å². The molecule has 0 unspecified atom stereocenters. The van der Waals surface area contributed by atoms with Gasteiger partial charge in [-0.15, -0.1) is 0 Å². The van der Waals surface area contributed by atoms with Gasteiger partial charge in [0.15, 0.2) is 17.3 Å². The highest BCUT2D eigenvalue weighted by Crippen LogP contribution is 2.37. The lowest BCUT2D eigenvalue weighted by Gasteiger charge is -2.09.